The van der Waals surface area contributed by atoms with Crippen molar-refractivity contribution in [3.63, 3.8) is 0 Å². The predicted octanol–water partition coefficient (Wildman–Crippen LogP) is 4.38. The SMILES string of the molecule is CC(C)NCc1ccc(OCCC2CC2)c(C(F)(F)F)c1. The molecule has 1 aliphatic carbocycles. The van der Waals surface area contributed by atoms with E-state index in [2.05, 4.69) is 5.32 Å². The molecule has 118 valence electrons. The summed E-state index contributed by atoms with van der Waals surface area (Å²) in [6, 6.07) is 4.54. The van der Waals surface area contributed by atoms with Gasteiger partial charge in [-0.3, -0.25) is 0 Å². The molecule has 0 aliphatic heterocycles. The van der Waals surface area contributed by atoms with Crippen molar-refractivity contribution in [2.45, 2.75) is 51.9 Å². The normalized spacial score (nSPS) is 15.5. The Morgan fingerprint density at radius 2 is 2.00 bits per heavy atom. The molecule has 1 N–H and O–H groups in total. The molecular weight excluding hydrogens is 279 g/mol. The maximum absolute atomic E-state index is 13.1. The molecule has 0 atom stereocenters. The second-order valence-electron chi connectivity index (χ2n) is 5.94. The van der Waals surface area contributed by atoms with Crippen molar-refractivity contribution in [2.75, 3.05) is 6.61 Å². The van der Waals surface area contributed by atoms with Gasteiger partial charge in [0.25, 0.3) is 0 Å². The van der Waals surface area contributed by atoms with Crippen molar-refractivity contribution in [3.8, 4) is 5.75 Å². The standard InChI is InChI=1S/C16H22F3NO/c1-11(2)20-10-13-5-6-15(14(9-13)16(17,18)19)21-8-7-12-3-4-12/h5-6,9,11-12,20H,3-4,7-8,10H2,1-2H3. The lowest BCUT2D eigenvalue weighted by molar-refractivity contribution is -0.139. The van der Waals surface area contributed by atoms with Crippen molar-refractivity contribution in [1.29, 1.82) is 0 Å². The molecule has 0 unspecified atom stereocenters. The van der Waals surface area contributed by atoms with Gasteiger partial charge < -0.3 is 10.1 Å². The summed E-state index contributed by atoms with van der Waals surface area (Å²) in [5.41, 5.74) is -0.0630. The van der Waals surface area contributed by atoms with Crippen LogP contribution in [0.1, 0.15) is 44.2 Å². The molecule has 1 saturated carbocycles. The fourth-order valence-corrected chi connectivity index (χ4v) is 2.10. The molecule has 0 spiro atoms. The summed E-state index contributed by atoms with van der Waals surface area (Å²) in [6.45, 7) is 4.69. The van der Waals surface area contributed by atoms with Gasteiger partial charge in [-0.25, -0.2) is 0 Å². The quantitative estimate of drug-likeness (QED) is 0.807. The van der Waals surface area contributed by atoms with Gasteiger partial charge in [-0.1, -0.05) is 32.8 Å². The van der Waals surface area contributed by atoms with Crippen molar-refractivity contribution in [2.24, 2.45) is 5.92 Å². The highest BCUT2D eigenvalue weighted by molar-refractivity contribution is 5.39. The van der Waals surface area contributed by atoms with Crippen LogP contribution in [0.3, 0.4) is 0 Å². The summed E-state index contributed by atoms with van der Waals surface area (Å²) in [4.78, 5) is 0. The van der Waals surface area contributed by atoms with E-state index in [1.165, 1.54) is 25.0 Å². The molecular formula is C16H22F3NO. The summed E-state index contributed by atoms with van der Waals surface area (Å²) >= 11 is 0. The van der Waals surface area contributed by atoms with Crippen LogP contribution in [-0.4, -0.2) is 12.6 Å². The molecule has 1 aliphatic rings. The highest BCUT2D eigenvalue weighted by Gasteiger charge is 2.34. The number of rotatable bonds is 7. The highest BCUT2D eigenvalue weighted by atomic mass is 19.4. The molecule has 0 radical (unpaired) electrons. The third kappa shape index (κ3) is 5.23. The summed E-state index contributed by atoms with van der Waals surface area (Å²) in [5.74, 6) is 0.588. The van der Waals surface area contributed by atoms with Crippen LogP contribution in [-0.2, 0) is 12.7 Å². The number of halogens is 3. The average Bonchev–Trinajstić information content (AvgIpc) is 3.20. The lowest BCUT2D eigenvalue weighted by Gasteiger charge is -2.16. The number of benzene rings is 1. The minimum atomic E-state index is -4.39. The Morgan fingerprint density at radius 1 is 1.29 bits per heavy atom. The van der Waals surface area contributed by atoms with Crippen LogP contribution in [0.5, 0.6) is 5.75 Å². The number of alkyl halides is 3. The first-order valence-corrected chi connectivity index (χ1v) is 7.42. The second kappa shape index (κ2) is 6.69. The third-order valence-corrected chi connectivity index (χ3v) is 3.54. The van der Waals surface area contributed by atoms with Gasteiger partial charge in [-0.05, 0) is 30.0 Å². The van der Waals surface area contributed by atoms with Crippen LogP contribution in [0.15, 0.2) is 18.2 Å². The summed E-state index contributed by atoms with van der Waals surface area (Å²) < 4.78 is 44.7. The molecule has 0 heterocycles. The minimum Gasteiger partial charge on any atom is -0.493 e. The van der Waals surface area contributed by atoms with Gasteiger partial charge in [-0.2, -0.15) is 13.2 Å². The van der Waals surface area contributed by atoms with E-state index in [9.17, 15) is 13.2 Å². The Kier molecular flexibility index (Phi) is 5.14. The van der Waals surface area contributed by atoms with Crippen LogP contribution < -0.4 is 10.1 Å². The summed E-state index contributed by atoms with van der Waals surface area (Å²) in [5, 5.41) is 3.12. The first kappa shape index (κ1) is 16.1. The van der Waals surface area contributed by atoms with E-state index < -0.39 is 11.7 Å². The van der Waals surface area contributed by atoms with Crippen molar-refractivity contribution in [3.05, 3.63) is 29.3 Å². The Balaban J connectivity index is 2.06. The molecule has 2 nitrogen and oxygen atoms in total. The minimum absolute atomic E-state index is 0.0588. The molecule has 0 amide bonds. The van der Waals surface area contributed by atoms with E-state index >= 15 is 0 Å². The van der Waals surface area contributed by atoms with Gasteiger partial charge in [0.2, 0.25) is 0 Å². The van der Waals surface area contributed by atoms with Gasteiger partial charge in [-0.15, -0.1) is 0 Å². The zero-order valence-electron chi connectivity index (χ0n) is 12.5. The largest absolute Gasteiger partial charge is 0.493 e. The zero-order valence-corrected chi connectivity index (χ0v) is 12.5. The van der Waals surface area contributed by atoms with Gasteiger partial charge in [0.15, 0.2) is 0 Å². The molecule has 0 aromatic heterocycles. The molecule has 1 aromatic carbocycles. The van der Waals surface area contributed by atoms with E-state index in [0.29, 0.717) is 24.6 Å². The predicted molar refractivity (Wildman–Crippen MR) is 76.3 cm³/mol. The smallest absolute Gasteiger partial charge is 0.419 e. The molecule has 1 aromatic rings. The van der Waals surface area contributed by atoms with Crippen molar-refractivity contribution < 1.29 is 17.9 Å². The molecule has 5 heteroatoms. The summed E-state index contributed by atoms with van der Waals surface area (Å²) in [7, 11) is 0. The molecule has 0 bridgehead atoms. The van der Waals surface area contributed by atoms with E-state index in [1.807, 2.05) is 13.8 Å². The van der Waals surface area contributed by atoms with E-state index in [-0.39, 0.29) is 11.8 Å². The first-order valence-electron chi connectivity index (χ1n) is 7.42. The van der Waals surface area contributed by atoms with Crippen LogP contribution in [0.2, 0.25) is 0 Å². The summed E-state index contributed by atoms with van der Waals surface area (Å²) in [6.07, 6.45) is -1.19. The Hall–Kier alpha value is -1.23. The fraction of sp³-hybridized carbons (Fsp3) is 0.625. The van der Waals surface area contributed by atoms with Crippen LogP contribution >= 0.6 is 0 Å². The van der Waals surface area contributed by atoms with E-state index in [0.717, 1.165) is 6.42 Å². The lowest BCUT2D eigenvalue weighted by Crippen LogP contribution is -2.22. The van der Waals surface area contributed by atoms with E-state index in [1.54, 1.807) is 6.07 Å². The number of hydrogen-bond donors (Lipinski definition) is 1. The first-order chi connectivity index (χ1) is 9.86. The van der Waals surface area contributed by atoms with Crippen LogP contribution in [0.25, 0.3) is 0 Å². The Labute approximate surface area is 123 Å². The molecule has 1 fully saturated rings. The Morgan fingerprint density at radius 3 is 2.57 bits per heavy atom. The van der Waals surface area contributed by atoms with Crippen molar-refractivity contribution in [1.82, 2.24) is 5.32 Å². The van der Waals surface area contributed by atoms with Gasteiger partial charge >= 0.3 is 6.18 Å². The average molecular weight is 301 g/mol. The topological polar surface area (TPSA) is 21.3 Å². The van der Waals surface area contributed by atoms with Crippen LogP contribution in [0, 0.1) is 5.92 Å². The monoisotopic (exact) mass is 301 g/mol. The Bertz CT molecular complexity index is 467. The number of hydrogen-bond acceptors (Lipinski definition) is 2. The molecule has 0 saturated heterocycles. The van der Waals surface area contributed by atoms with Crippen molar-refractivity contribution >= 4 is 0 Å². The van der Waals surface area contributed by atoms with E-state index in [4.69, 9.17) is 4.74 Å². The maximum Gasteiger partial charge on any atom is 0.419 e. The number of ether oxygens (including phenoxy) is 1. The molecule has 21 heavy (non-hydrogen) atoms. The third-order valence-electron chi connectivity index (χ3n) is 3.54. The van der Waals surface area contributed by atoms with Gasteiger partial charge in [0.05, 0.1) is 12.2 Å². The van der Waals surface area contributed by atoms with Gasteiger partial charge in [0.1, 0.15) is 5.75 Å². The lowest BCUT2D eigenvalue weighted by atomic mass is 10.1. The fourth-order valence-electron chi connectivity index (χ4n) is 2.10. The van der Waals surface area contributed by atoms with Crippen LogP contribution in [0.4, 0.5) is 13.2 Å². The maximum atomic E-state index is 13.1. The molecule has 2 rings (SSSR count). The second-order valence-corrected chi connectivity index (χ2v) is 5.94. The highest BCUT2D eigenvalue weighted by Crippen LogP contribution is 2.38. The van der Waals surface area contributed by atoms with Gasteiger partial charge in [0, 0.05) is 12.6 Å². The number of nitrogens with one attached hydrogen (secondary N) is 1. The zero-order chi connectivity index (χ0) is 15.5.